The summed E-state index contributed by atoms with van der Waals surface area (Å²) >= 11 is 0. The zero-order valence-corrected chi connectivity index (χ0v) is 28.2. The van der Waals surface area contributed by atoms with Crippen LogP contribution >= 0.6 is 0 Å². The Morgan fingerprint density at radius 1 is 0.826 bits per heavy atom. The van der Waals surface area contributed by atoms with Crippen LogP contribution < -0.4 is 5.32 Å². The summed E-state index contributed by atoms with van der Waals surface area (Å²) in [4.78, 5) is 11.1. The van der Waals surface area contributed by atoms with Gasteiger partial charge in [-0.25, -0.2) is 4.39 Å². The lowest BCUT2D eigenvalue weighted by Gasteiger charge is -2.35. The quantitative estimate of drug-likeness (QED) is 0.0629. The van der Waals surface area contributed by atoms with Gasteiger partial charge in [0, 0.05) is 17.7 Å². The second-order valence-electron chi connectivity index (χ2n) is 12.8. The summed E-state index contributed by atoms with van der Waals surface area (Å²) in [7, 11) is 0. The fraction of sp³-hybridized carbons (Fsp3) is 0.410. The van der Waals surface area contributed by atoms with E-state index in [9.17, 15) is 14.3 Å². The van der Waals surface area contributed by atoms with Crippen LogP contribution in [-0.2, 0) is 4.79 Å². The SMILES string of the molecule is C/C(=C(\C(=C(/CCCC[C@@H](C)C[C@@H](C)CC(=O)O)C(C)C)C(C)(O)Nc1ccccc1)c1ccccc1)c1ccc(F)cc1.O.O. The predicted octanol–water partition coefficient (Wildman–Crippen LogP) is 8.58. The molecule has 7 heteroatoms. The minimum atomic E-state index is -1.42. The van der Waals surface area contributed by atoms with Crippen LogP contribution in [0.15, 0.2) is 96.1 Å². The first-order chi connectivity index (χ1) is 20.9. The third kappa shape index (κ3) is 11.9. The Bertz CT molecular complexity index is 1400. The molecule has 3 aromatic carbocycles. The lowest BCUT2D eigenvalue weighted by Crippen LogP contribution is -2.39. The summed E-state index contributed by atoms with van der Waals surface area (Å²) in [5.41, 5.74) is 5.18. The Morgan fingerprint density at radius 2 is 1.39 bits per heavy atom. The molecule has 46 heavy (non-hydrogen) atoms. The van der Waals surface area contributed by atoms with Gasteiger partial charge < -0.3 is 26.5 Å². The highest BCUT2D eigenvalue weighted by molar-refractivity contribution is 5.99. The van der Waals surface area contributed by atoms with E-state index in [1.54, 1.807) is 12.1 Å². The predicted molar refractivity (Wildman–Crippen MR) is 189 cm³/mol. The van der Waals surface area contributed by atoms with Crippen LogP contribution in [0, 0.1) is 23.6 Å². The molecule has 0 aliphatic carbocycles. The summed E-state index contributed by atoms with van der Waals surface area (Å²) in [5.74, 6) is -0.267. The average Bonchev–Trinajstić information content (AvgIpc) is 2.96. The first-order valence-electron chi connectivity index (χ1n) is 15.9. The van der Waals surface area contributed by atoms with Crippen LogP contribution in [0.25, 0.3) is 11.1 Å². The Hall–Kier alpha value is -3.78. The minimum absolute atomic E-state index is 0. The van der Waals surface area contributed by atoms with Gasteiger partial charge in [-0.15, -0.1) is 0 Å². The van der Waals surface area contributed by atoms with E-state index >= 15 is 0 Å². The van der Waals surface area contributed by atoms with Crippen LogP contribution in [0.3, 0.4) is 0 Å². The maximum atomic E-state index is 14.0. The van der Waals surface area contributed by atoms with E-state index in [0.717, 1.165) is 65.6 Å². The summed E-state index contributed by atoms with van der Waals surface area (Å²) in [6.07, 6.45) is 4.91. The number of anilines is 1. The Morgan fingerprint density at radius 3 is 1.93 bits per heavy atom. The van der Waals surface area contributed by atoms with E-state index in [2.05, 4.69) is 38.2 Å². The number of unbranched alkanes of at least 4 members (excludes halogenated alkanes) is 1. The largest absolute Gasteiger partial charge is 0.481 e. The third-order valence-electron chi connectivity index (χ3n) is 8.35. The first kappa shape index (κ1) is 40.2. The van der Waals surface area contributed by atoms with Crippen molar-refractivity contribution in [3.63, 3.8) is 0 Å². The molecule has 0 amide bonds. The van der Waals surface area contributed by atoms with Gasteiger partial charge in [0.1, 0.15) is 5.82 Å². The van der Waals surface area contributed by atoms with E-state index in [0.29, 0.717) is 5.92 Å². The number of carboxylic acid groups (broad SMARTS) is 1. The van der Waals surface area contributed by atoms with E-state index in [4.69, 9.17) is 5.11 Å². The van der Waals surface area contributed by atoms with Crippen LogP contribution in [0.4, 0.5) is 10.1 Å². The second-order valence-corrected chi connectivity index (χ2v) is 12.8. The van der Waals surface area contributed by atoms with Gasteiger partial charge in [0.2, 0.25) is 0 Å². The van der Waals surface area contributed by atoms with Crippen LogP contribution in [0.1, 0.15) is 91.2 Å². The number of hydrogen-bond acceptors (Lipinski definition) is 3. The topological polar surface area (TPSA) is 133 Å². The van der Waals surface area contributed by atoms with Crippen molar-refractivity contribution in [2.24, 2.45) is 17.8 Å². The smallest absolute Gasteiger partial charge is 0.303 e. The maximum absolute atomic E-state index is 14.0. The molecule has 7 N–H and O–H groups in total. The summed E-state index contributed by atoms with van der Waals surface area (Å²) in [5, 5.41) is 25.0. The number of aliphatic hydroxyl groups is 1. The first-order valence-corrected chi connectivity index (χ1v) is 15.9. The number of hydrogen-bond donors (Lipinski definition) is 3. The van der Waals surface area contributed by atoms with Crippen molar-refractivity contribution >= 4 is 22.8 Å². The summed E-state index contributed by atoms with van der Waals surface area (Å²) in [6, 6.07) is 26.4. The number of carboxylic acids is 1. The van der Waals surface area contributed by atoms with Gasteiger partial charge in [0.05, 0.1) is 0 Å². The fourth-order valence-corrected chi connectivity index (χ4v) is 6.28. The molecular formula is C39H54FNO5. The van der Waals surface area contributed by atoms with Gasteiger partial charge in [0.25, 0.3) is 0 Å². The third-order valence-corrected chi connectivity index (χ3v) is 8.35. The number of halogens is 1. The van der Waals surface area contributed by atoms with Crippen molar-refractivity contribution < 1.29 is 30.4 Å². The average molecular weight is 636 g/mol. The van der Waals surface area contributed by atoms with Crippen molar-refractivity contribution in [1.29, 1.82) is 0 Å². The maximum Gasteiger partial charge on any atom is 0.303 e. The van der Waals surface area contributed by atoms with Crippen molar-refractivity contribution in [2.45, 2.75) is 85.8 Å². The van der Waals surface area contributed by atoms with Crippen molar-refractivity contribution in [3.05, 3.63) is 113 Å². The minimum Gasteiger partial charge on any atom is -0.481 e. The number of allylic oxidation sites excluding steroid dienone is 2. The van der Waals surface area contributed by atoms with E-state index in [1.807, 2.05) is 69.3 Å². The molecule has 3 atom stereocenters. The molecule has 0 aliphatic rings. The number of benzene rings is 3. The highest BCUT2D eigenvalue weighted by atomic mass is 19.1. The molecule has 6 nitrogen and oxygen atoms in total. The van der Waals surface area contributed by atoms with Gasteiger partial charge in [-0.3, -0.25) is 4.79 Å². The highest BCUT2D eigenvalue weighted by Crippen LogP contribution is 2.42. The molecule has 252 valence electrons. The van der Waals surface area contributed by atoms with Crippen molar-refractivity contribution in [1.82, 2.24) is 0 Å². The number of carbonyl (C=O) groups is 1. The van der Waals surface area contributed by atoms with Gasteiger partial charge in [-0.2, -0.15) is 0 Å². The number of rotatable bonds is 16. The van der Waals surface area contributed by atoms with Crippen LogP contribution in [-0.4, -0.2) is 32.9 Å². The van der Waals surface area contributed by atoms with Gasteiger partial charge >= 0.3 is 5.97 Å². The molecule has 0 aliphatic heterocycles. The molecule has 0 bridgehead atoms. The van der Waals surface area contributed by atoms with E-state index < -0.39 is 11.7 Å². The van der Waals surface area contributed by atoms with Crippen molar-refractivity contribution in [3.8, 4) is 0 Å². The molecule has 0 aromatic heterocycles. The molecule has 3 aromatic rings. The van der Waals surface area contributed by atoms with E-state index in [-0.39, 0.29) is 35.0 Å². The molecule has 0 fully saturated rings. The Kier molecular flexibility index (Phi) is 16.6. The summed E-state index contributed by atoms with van der Waals surface area (Å²) < 4.78 is 14.0. The van der Waals surface area contributed by atoms with Crippen LogP contribution in [0.5, 0.6) is 0 Å². The molecular weight excluding hydrogens is 581 g/mol. The van der Waals surface area contributed by atoms with Gasteiger partial charge in [-0.1, -0.05) is 107 Å². The number of para-hydroxylation sites is 1. The molecule has 0 saturated heterocycles. The Labute approximate surface area is 274 Å². The molecule has 0 heterocycles. The molecule has 1 unspecified atom stereocenters. The van der Waals surface area contributed by atoms with Gasteiger partial charge in [0.15, 0.2) is 5.72 Å². The lowest BCUT2D eigenvalue weighted by atomic mass is 9.78. The molecule has 3 rings (SSSR count). The molecule has 0 saturated carbocycles. The number of nitrogens with one attached hydrogen (secondary N) is 1. The molecule has 0 radical (unpaired) electrons. The normalized spacial score (nSPS) is 14.9. The van der Waals surface area contributed by atoms with Crippen molar-refractivity contribution in [2.75, 3.05) is 5.32 Å². The summed E-state index contributed by atoms with van der Waals surface area (Å²) in [6.45, 7) is 12.5. The lowest BCUT2D eigenvalue weighted by molar-refractivity contribution is -0.138. The number of aliphatic carboxylic acids is 1. The van der Waals surface area contributed by atoms with Gasteiger partial charge in [-0.05, 0) is 97.4 Å². The Balaban J connectivity index is 0.00000529. The zero-order chi connectivity index (χ0) is 32.3. The standard InChI is InChI=1S/C39H50FNO3.2H2O/c1-27(2)35(20-14-13-15-28(3)25-29(4)26-36(42)43)38(39(6,44)41-34-18-11-8-12-19-34)37(32-16-9-7-10-17-32)30(5)31-21-23-33(40)24-22-31;;/h7-12,16-19,21-24,27-29,41,44H,13-15,20,25-26H2,1-6H3,(H,42,43);2*1H2/b37-30+,38-35-;;/t28-,29-,39?;;/m1../s1. The highest BCUT2D eigenvalue weighted by Gasteiger charge is 2.34. The van der Waals surface area contributed by atoms with E-state index in [1.165, 1.54) is 17.7 Å². The molecule has 0 spiro atoms. The second kappa shape index (κ2) is 19.0. The monoisotopic (exact) mass is 635 g/mol. The van der Waals surface area contributed by atoms with Crippen LogP contribution in [0.2, 0.25) is 0 Å². The zero-order valence-electron chi connectivity index (χ0n) is 28.2. The fourth-order valence-electron chi connectivity index (χ4n) is 6.28.